The fourth-order valence-electron chi connectivity index (χ4n) is 3.51. The van der Waals surface area contributed by atoms with Gasteiger partial charge < -0.3 is 15.3 Å². The van der Waals surface area contributed by atoms with Crippen molar-refractivity contribution in [1.29, 1.82) is 0 Å². The molecule has 1 aliphatic carbocycles. The quantitative estimate of drug-likeness (QED) is 0.676. The number of hydrogen-bond acceptors (Lipinski definition) is 3. The second kappa shape index (κ2) is 6.97. The minimum Gasteiger partial charge on any atom is -0.394 e. The van der Waals surface area contributed by atoms with Crippen LogP contribution in [0.3, 0.4) is 0 Å². The lowest BCUT2D eigenvalue weighted by atomic mass is 9.80. The summed E-state index contributed by atoms with van der Waals surface area (Å²) < 4.78 is 0. The smallest absolute Gasteiger partial charge is 0.0610 e. The van der Waals surface area contributed by atoms with Gasteiger partial charge in [-0.2, -0.15) is 0 Å². The molecule has 2 atom stereocenters. The summed E-state index contributed by atoms with van der Waals surface area (Å²) in [4.78, 5) is 2.64. The minimum absolute atomic E-state index is 0.0554. The van der Waals surface area contributed by atoms with Gasteiger partial charge in [0.15, 0.2) is 0 Å². The Hall–Kier alpha value is -0.120. The molecule has 1 aliphatic heterocycles. The monoisotopic (exact) mass is 296 g/mol. The lowest BCUT2D eigenvalue weighted by Gasteiger charge is -2.29. The molecule has 2 rings (SSSR count). The van der Waals surface area contributed by atoms with Gasteiger partial charge in [-0.15, -0.1) is 0 Å². The highest BCUT2D eigenvalue weighted by molar-refractivity contribution is 4.92. The molecule has 1 saturated carbocycles. The Kier molecular flexibility index (Phi) is 5.72. The van der Waals surface area contributed by atoms with Crippen molar-refractivity contribution in [3.8, 4) is 0 Å². The van der Waals surface area contributed by atoms with Gasteiger partial charge in [0.05, 0.1) is 6.61 Å². The first kappa shape index (κ1) is 17.2. The summed E-state index contributed by atoms with van der Waals surface area (Å²) in [6.45, 7) is 13.3. The van der Waals surface area contributed by atoms with Crippen LogP contribution in [0.2, 0.25) is 0 Å². The summed E-state index contributed by atoms with van der Waals surface area (Å²) in [6, 6.07) is 0.674. The molecule has 0 radical (unpaired) electrons. The van der Waals surface area contributed by atoms with Crippen LogP contribution >= 0.6 is 0 Å². The highest BCUT2D eigenvalue weighted by Gasteiger charge is 2.33. The number of nitrogens with zero attached hydrogens (tertiary/aromatic N) is 1. The van der Waals surface area contributed by atoms with Crippen LogP contribution in [0.1, 0.15) is 66.2 Å². The number of likely N-dealkylation sites (tertiary alicyclic amines) is 1. The Morgan fingerprint density at radius 1 is 1.10 bits per heavy atom. The van der Waals surface area contributed by atoms with E-state index >= 15 is 0 Å². The number of aliphatic hydroxyl groups excluding tert-OH is 1. The van der Waals surface area contributed by atoms with Crippen LogP contribution < -0.4 is 5.32 Å². The number of nitrogens with one attached hydrogen (secondary N) is 1. The van der Waals surface area contributed by atoms with E-state index < -0.39 is 0 Å². The molecule has 1 saturated heterocycles. The van der Waals surface area contributed by atoms with Crippen molar-refractivity contribution < 1.29 is 5.11 Å². The van der Waals surface area contributed by atoms with Crippen molar-refractivity contribution in [2.75, 3.05) is 26.2 Å². The molecule has 0 bridgehead atoms. The van der Waals surface area contributed by atoms with E-state index in [1.807, 2.05) is 0 Å². The van der Waals surface area contributed by atoms with Gasteiger partial charge in [-0.05, 0) is 63.5 Å². The van der Waals surface area contributed by atoms with Gasteiger partial charge in [0.2, 0.25) is 0 Å². The van der Waals surface area contributed by atoms with E-state index in [-0.39, 0.29) is 12.1 Å². The first-order chi connectivity index (χ1) is 9.82. The fourth-order valence-corrected chi connectivity index (χ4v) is 3.51. The topological polar surface area (TPSA) is 35.5 Å². The molecule has 3 nitrogen and oxygen atoms in total. The Morgan fingerprint density at radius 3 is 2.33 bits per heavy atom. The molecule has 124 valence electrons. The summed E-state index contributed by atoms with van der Waals surface area (Å²) in [7, 11) is 0. The molecule has 2 unspecified atom stereocenters. The third-order valence-corrected chi connectivity index (χ3v) is 5.43. The first-order valence-electron chi connectivity index (χ1n) is 8.93. The van der Waals surface area contributed by atoms with Crippen molar-refractivity contribution in [3.05, 3.63) is 0 Å². The average Bonchev–Trinajstić information content (AvgIpc) is 3.07. The van der Waals surface area contributed by atoms with Gasteiger partial charge in [0.25, 0.3) is 0 Å². The molecule has 2 N–H and O–H groups in total. The zero-order valence-corrected chi connectivity index (χ0v) is 14.6. The maximum Gasteiger partial charge on any atom is 0.0610 e. The zero-order chi connectivity index (χ0) is 15.5. The zero-order valence-electron chi connectivity index (χ0n) is 14.6. The van der Waals surface area contributed by atoms with Crippen LogP contribution in [0, 0.1) is 11.3 Å². The third-order valence-electron chi connectivity index (χ3n) is 5.43. The lowest BCUT2D eigenvalue weighted by molar-refractivity contribution is 0.159. The van der Waals surface area contributed by atoms with E-state index in [4.69, 9.17) is 0 Å². The van der Waals surface area contributed by atoms with Gasteiger partial charge in [-0.25, -0.2) is 0 Å². The van der Waals surface area contributed by atoms with E-state index in [1.54, 1.807) is 0 Å². The molecule has 2 aliphatic rings. The number of hydrogen-bond donors (Lipinski definition) is 2. The maximum atomic E-state index is 9.62. The number of rotatable bonds is 8. The Morgan fingerprint density at radius 2 is 1.81 bits per heavy atom. The summed E-state index contributed by atoms with van der Waals surface area (Å²) in [5, 5.41) is 13.2. The minimum atomic E-state index is -0.0554. The Balaban J connectivity index is 1.61. The van der Waals surface area contributed by atoms with Crippen molar-refractivity contribution in [3.63, 3.8) is 0 Å². The summed E-state index contributed by atoms with van der Waals surface area (Å²) in [5.41, 5.74) is 0.401. The largest absolute Gasteiger partial charge is 0.394 e. The summed E-state index contributed by atoms with van der Waals surface area (Å²) in [6.07, 6.45) is 7.51. The van der Waals surface area contributed by atoms with E-state index in [9.17, 15) is 5.11 Å². The second-order valence-corrected chi connectivity index (χ2v) is 8.75. The molecule has 2 fully saturated rings. The SMILES string of the molecule is CC(CO)(CCCCN1CCC(C(C)(C)C)C1)NC1CC1. The average molecular weight is 296 g/mol. The third kappa shape index (κ3) is 5.54. The van der Waals surface area contributed by atoms with Crippen molar-refractivity contribution >= 4 is 0 Å². The number of unbranched alkanes of at least 4 members (excludes halogenated alkanes) is 1. The summed E-state index contributed by atoms with van der Waals surface area (Å²) >= 11 is 0. The van der Waals surface area contributed by atoms with E-state index in [0.717, 1.165) is 12.3 Å². The fraction of sp³-hybridized carbons (Fsp3) is 1.00. The van der Waals surface area contributed by atoms with Gasteiger partial charge in [-0.1, -0.05) is 27.2 Å². The van der Waals surface area contributed by atoms with Crippen molar-refractivity contribution in [1.82, 2.24) is 10.2 Å². The molecular formula is C18H36N2O. The number of aliphatic hydroxyl groups is 1. The lowest BCUT2D eigenvalue weighted by Crippen LogP contribution is -2.47. The highest BCUT2D eigenvalue weighted by atomic mass is 16.3. The van der Waals surface area contributed by atoms with Crippen molar-refractivity contribution in [2.24, 2.45) is 11.3 Å². The molecule has 0 aromatic rings. The van der Waals surface area contributed by atoms with E-state index in [0.29, 0.717) is 11.5 Å². The Labute approximate surface area is 131 Å². The van der Waals surface area contributed by atoms with Crippen LogP contribution in [-0.4, -0.2) is 47.8 Å². The van der Waals surface area contributed by atoms with E-state index in [2.05, 4.69) is 37.9 Å². The van der Waals surface area contributed by atoms with Gasteiger partial charge in [0, 0.05) is 18.1 Å². The van der Waals surface area contributed by atoms with Crippen LogP contribution in [0.25, 0.3) is 0 Å². The first-order valence-corrected chi connectivity index (χ1v) is 8.93. The van der Waals surface area contributed by atoms with Gasteiger partial charge >= 0.3 is 0 Å². The van der Waals surface area contributed by atoms with Crippen LogP contribution in [0.4, 0.5) is 0 Å². The molecule has 0 amide bonds. The molecular weight excluding hydrogens is 260 g/mol. The van der Waals surface area contributed by atoms with Gasteiger partial charge in [0.1, 0.15) is 0 Å². The van der Waals surface area contributed by atoms with Crippen LogP contribution in [0.5, 0.6) is 0 Å². The predicted molar refractivity (Wildman–Crippen MR) is 89.5 cm³/mol. The molecule has 0 aromatic carbocycles. The van der Waals surface area contributed by atoms with Crippen LogP contribution in [0.15, 0.2) is 0 Å². The second-order valence-electron chi connectivity index (χ2n) is 8.75. The maximum absolute atomic E-state index is 9.62. The Bertz CT molecular complexity index is 322. The van der Waals surface area contributed by atoms with Crippen LogP contribution in [-0.2, 0) is 0 Å². The molecule has 0 spiro atoms. The standard InChI is InChI=1S/C18H36N2O/c1-17(2,3)15-9-12-20(13-15)11-6-5-10-18(4,14-21)19-16-7-8-16/h15-16,19,21H,5-14H2,1-4H3. The van der Waals surface area contributed by atoms with Gasteiger partial charge in [-0.3, -0.25) is 0 Å². The van der Waals surface area contributed by atoms with E-state index in [1.165, 1.54) is 51.7 Å². The molecule has 0 aromatic heterocycles. The molecule has 21 heavy (non-hydrogen) atoms. The predicted octanol–water partition coefficient (Wildman–Crippen LogP) is 3.03. The normalized spacial score (nSPS) is 27.0. The molecule has 1 heterocycles. The summed E-state index contributed by atoms with van der Waals surface area (Å²) in [5.74, 6) is 0.858. The highest BCUT2D eigenvalue weighted by Crippen LogP contribution is 2.33. The molecule has 3 heteroatoms. The van der Waals surface area contributed by atoms with Crippen molar-refractivity contribution in [2.45, 2.75) is 77.8 Å².